The molecule has 0 atom stereocenters. The van der Waals surface area contributed by atoms with Crippen LogP contribution < -0.4 is 5.73 Å². The summed E-state index contributed by atoms with van der Waals surface area (Å²) in [7, 11) is 0. The van der Waals surface area contributed by atoms with Crippen LogP contribution in [0.1, 0.15) is 25.0 Å². The first kappa shape index (κ1) is 12.2. The van der Waals surface area contributed by atoms with Crippen molar-refractivity contribution in [2.75, 3.05) is 5.73 Å². The largest absolute Gasteiger partial charge is 0.398 e. The predicted molar refractivity (Wildman–Crippen MR) is 62.5 cm³/mol. The zero-order chi connectivity index (χ0) is 10.4. The minimum absolute atomic E-state index is 0.675. The van der Waals surface area contributed by atoms with Gasteiger partial charge in [0.25, 0.3) is 0 Å². The Morgan fingerprint density at radius 3 is 2.31 bits per heavy atom. The van der Waals surface area contributed by atoms with E-state index in [9.17, 15) is 0 Å². The second-order valence-corrected chi connectivity index (χ2v) is 3.19. The van der Waals surface area contributed by atoms with Crippen LogP contribution in [-0.2, 0) is 0 Å². The quantitative estimate of drug-likeness (QED) is 0.576. The maximum atomic E-state index is 7.09. The van der Waals surface area contributed by atoms with E-state index in [1.807, 2.05) is 32.9 Å². The number of anilines is 1. The van der Waals surface area contributed by atoms with Gasteiger partial charge in [0, 0.05) is 21.9 Å². The van der Waals surface area contributed by atoms with Crippen molar-refractivity contribution in [2.24, 2.45) is 0 Å². The lowest BCUT2D eigenvalue weighted by atomic mass is 10.1. The first-order chi connectivity index (χ1) is 6.16. The molecule has 3 N–H and O–H groups in total. The van der Waals surface area contributed by atoms with Crippen LogP contribution >= 0.6 is 15.9 Å². The van der Waals surface area contributed by atoms with Gasteiger partial charge >= 0.3 is 0 Å². The highest BCUT2D eigenvalue weighted by Crippen LogP contribution is 2.23. The van der Waals surface area contributed by atoms with Gasteiger partial charge in [0.1, 0.15) is 0 Å². The van der Waals surface area contributed by atoms with Gasteiger partial charge in [-0.2, -0.15) is 0 Å². The van der Waals surface area contributed by atoms with Crippen molar-refractivity contribution in [3.63, 3.8) is 0 Å². The molecule has 2 nitrogen and oxygen atoms in total. The Morgan fingerprint density at radius 2 is 1.92 bits per heavy atom. The maximum absolute atomic E-state index is 7.09. The molecule has 0 fully saturated rings. The van der Waals surface area contributed by atoms with Crippen LogP contribution in [0.2, 0.25) is 0 Å². The number of rotatable bonds is 1. The molecule has 0 unspecified atom stereocenters. The monoisotopic (exact) mass is 242 g/mol. The number of halogens is 1. The molecule has 0 heterocycles. The first-order valence-electron chi connectivity index (χ1n) is 4.22. The SMILES string of the molecule is CC.Cc1ccc(Br)c(C=N)c1N. The van der Waals surface area contributed by atoms with E-state index in [1.54, 1.807) is 0 Å². The normalized spacial score (nSPS) is 8.62. The molecule has 1 aromatic rings. The predicted octanol–water partition coefficient (Wildman–Crippen LogP) is 3.36. The van der Waals surface area contributed by atoms with Gasteiger partial charge in [-0.15, -0.1) is 0 Å². The molecule has 0 saturated heterocycles. The molecule has 0 aliphatic rings. The molecule has 0 aromatic heterocycles. The molecule has 0 bridgehead atoms. The van der Waals surface area contributed by atoms with Crippen LogP contribution in [0.3, 0.4) is 0 Å². The van der Waals surface area contributed by atoms with Crippen LogP contribution in [0, 0.1) is 12.3 Å². The van der Waals surface area contributed by atoms with Gasteiger partial charge in [-0.1, -0.05) is 35.8 Å². The van der Waals surface area contributed by atoms with Crippen molar-refractivity contribution < 1.29 is 0 Å². The van der Waals surface area contributed by atoms with E-state index in [4.69, 9.17) is 11.1 Å². The standard InChI is InChI=1S/C8H9BrN2.C2H6/c1-5-2-3-7(9)6(4-10)8(5)11;1-2/h2-4,10H,11H2,1H3;1-2H3. The van der Waals surface area contributed by atoms with Crippen molar-refractivity contribution in [1.29, 1.82) is 5.41 Å². The Labute approximate surface area is 87.8 Å². The van der Waals surface area contributed by atoms with Gasteiger partial charge in [0.2, 0.25) is 0 Å². The summed E-state index contributed by atoms with van der Waals surface area (Å²) in [5, 5.41) is 7.09. The number of nitrogen functional groups attached to an aromatic ring is 1. The zero-order valence-corrected chi connectivity index (χ0v) is 9.77. The molecule has 0 saturated carbocycles. The highest BCUT2D eigenvalue weighted by atomic mass is 79.9. The summed E-state index contributed by atoms with van der Waals surface area (Å²) in [6, 6.07) is 3.82. The topological polar surface area (TPSA) is 49.9 Å². The number of aryl methyl sites for hydroxylation is 1. The van der Waals surface area contributed by atoms with E-state index in [2.05, 4.69) is 15.9 Å². The molecular weight excluding hydrogens is 228 g/mol. The molecule has 0 radical (unpaired) electrons. The molecular formula is C10H15BrN2. The van der Waals surface area contributed by atoms with Crippen LogP contribution in [0.15, 0.2) is 16.6 Å². The van der Waals surface area contributed by atoms with E-state index in [-0.39, 0.29) is 0 Å². The van der Waals surface area contributed by atoms with E-state index >= 15 is 0 Å². The molecule has 1 aromatic carbocycles. The van der Waals surface area contributed by atoms with Gasteiger partial charge in [-0.05, 0) is 18.6 Å². The first-order valence-corrected chi connectivity index (χ1v) is 5.01. The molecule has 0 amide bonds. The number of nitrogens with two attached hydrogens (primary N) is 1. The Balaban J connectivity index is 0.000000671. The van der Waals surface area contributed by atoms with E-state index in [0.717, 1.165) is 15.6 Å². The van der Waals surface area contributed by atoms with Gasteiger partial charge in [0.15, 0.2) is 0 Å². The molecule has 1 rings (SSSR count). The lowest BCUT2D eigenvalue weighted by Crippen LogP contribution is -1.96. The fourth-order valence-electron chi connectivity index (χ4n) is 0.865. The third kappa shape index (κ3) is 2.84. The minimum atomic E-state index is 0.675. The average molecular weight is 243 g/mol. The molecule has 13 heavy (non-hydrogen) atoms. The summed E-state index contributed by atoms with van der Waals surface area (Å²) in [6.07, 6.45) is 1.26. The van der Waals surface area contributed by atoms with E-state index in [0.29, 0.717) is 5.69 Å². The molecule has 0 spiro atoms. The lowest BCUT2D eigenvalue weighted by Gasteiger charge is -2.04. The summed E-state index contributed by atoms with van der Waals surface area (Å²) in [4.78, 5) is 0. The van der Waals surface area contributed by atoms with E-state index < -0.39 is 0 Å². The van der Waals surface area contributed by atoms with Gasteiger partial charge in [0.05, 0.1) is 0 Å². The molecule has 0 aliphatic carbocycles. The van der Waals surface area contributed by atoms with Crippen molar-refractivity contribution in [3.05, 3.63) is 27.7 Å². The van der Waals surface area contributed by atoms with Gasteiger partial charge in [-0.3, -0.25) is 0 Å². The summed E-state index contributed by atoms with van der Waals surface area (Å²) < 4.78 is 0.871. The van der Waals surface area contributed by atoms with Crippen molar-refractivity contribution in [1.82, 2.24) is 0 Å². The highest BCUT2D eigenvalue weighted by Gasteiger charge is 2.02. The Morgan fingerprint density at radius 1 is 1.38 bits per heavy atom. The minimum Gasteiger partial charge on any atom is -0.398 e. The van der Waals surface area contributed by atoms with Crippen molar-refractivity contribution in [2.45, 2.75) is 20.8 Å². The van der Waals surface area contributed by atoms with Gasteiger partial charge in [-0.25, -0.2) is 0 Å². The molecule has 72 valence electrons. The Hall–Kier alpha value is -0.830. The fraction of sp³-hybridized carbons (Fsp3) is 0.300. The third-order valence-corrected chi connectivity index (χ3v) is 2.29. The number of nitrogens with one attached hydrogen (secondary N) is 1. The van der Waals surface area contributed by atoms with Crippen LogP contribution in [0.4, 0.5) is 5.69 Å². The van der Waals surface area contributed by atoms with Crippen molar-refractivity contribution in [3.8, 4) is 0 Å². The van der Waals surface area contributed by atoms with Crippen LogP contribution in [0.5, 0.6) is 0 Å². The number of hydrogen-bond donors (Lipinski definition) is 2. The lowest BCUT2D eigenvalue weighted by molar-refractivity contribution is 1.43. The Bertz CT molecular complexity index is 295. The number of hydrogen-bond acceptors (Lipinski definition) is 2. The fourth-order valence-corrected chi connectivity index (χ4v) is 1.33. The smallest absolute Gasteiger partial charge is 0.0444 e. The second-order valence-electron chi connectivity index (χ2n) is 2.34. The highest BCUT2D eigenvalue weighted by molar-refractivity contribution is 9.10. The zero-order valence-electron chi connectivity index (χ0n) is 8.19. The van der Waals surface area contributed by atoms with Crippen LogP contribution in [-0.4, -0.2) is 6.21 Å². The summed E-state index contributed by atoms with van der Waals surface area (Å²) >= 11 is 3.31. The summed E-state index contributed by atoms with van der Waals surface area (Å²) in [5.74, 6) is 0. The van der Waals surface area contributed by atoms with Crippen LogP contribution in [0.25, 0.3) is 0 Å². The third-order valence-electron chi connectivity index (χ3n) is 1.60. The summed E-state index contributed by atoms with van der Waals surface area (Å²) in [6.45, 7) is 5.93. The van der Waals surface area contributed by atoms with Gasteiger partial charge < -0.3 is 11.1 Å². The molecule has 3 heteroatoms. The average Bonchev–Trinajstić information content (AvgIpc) is 2.16. The molecule has 0 aliphatic heterocycles. The maximum Gasteiger partial charge on any atom is 0.0444 e. The van der Waals surface area contributed by atoms with E-state index in [1.165, 1.54) is 6.21 Å². The Kier molecular flexibility index (Phi) is 5.39. The summed E-state index contributed by atoms with van der Waals surface area (Å²) in [5.41, 5.74) is 8.15. The number of benzene rings is 1. The van der Waals surface area contributed by atoms with Crippen molar-refractivity contribution >= 4 is 27.8 Å². The second kappa shape index (κ2) is 5.75.